The molecule has 0 amide bonds. The predicted molar refractivity (Wildman–Crippen MR) is 78.1 cm³/mol. The van der Waals surface area contributed by atoms with Crippen LogP contribution in [-0.2, 0) is 0 Å². The van der Waals surface area contributed by atoms with Crippen molar-refractivity contribution in [3.8, 4) is 0 Å². The number of benzene rings is 1. The number of hydrogen-bond donors (Lipinski definition) is 0. The van der Waals surface area contributed by atoms with E-state index < -0.39 is 0 Å². The van der Waals surface area contributed by atoms with E-state index in [1.807, 2.05) is 0 Å². The second kappa shape index (κ2) is 7.32. The van der Waals surface area contributed by atoms with Crippen LogP contribution < -0.4 is 0 Å². The molecule has 0 aliphatic heterocycles. The monoisotopic (exact) mass is 230 g/mol. The van der Waals surface area contributed by atoms with Crippen LogP contribution in [-0.4, -0.2) is 0 Å². The van der Waals surface area contributed by atoms with Crippen LogP contribution in [0, 0.1) is 12.8 Å². The molecule has 0 bridgehead atoms. The average Bonchev–Trinajstić information content (AvgIpc) is 2.32. The first-order valence-corrected chi connectivity index (χ1v) is 6.89. The Balaban J connectivity index is 2.62. The molecule has 1 aromatic carbocycles. The molecule has 0 nitrogen and oxygen atoms in total. The normalized spacial score (nSPS) is 13.8. The van der Waals surface area contributed by atoms with Gasteiger partial charge in [-0.05, 0) is 37.3 Å². The maximum absolute atomic E-state index is 2.35. The SMILES string of the molecule is CCCCCC(C)/C(C)=C/c1ccccc1C. The molecular weight excluding hydrogens is 204 g/mol. The zero-order valence-corrected chi connectivity index (χ0v) is 11.8. The largest absolute Gasteiger partial charge is 0.0699 e. The summed E-state index contributed by atoms with van der Waals surface area (Å²) in [7, 11) is 0. The smallest absolute Gasteiger partial charge is 0.0228 e. The fraction of sp³-hybridized carbons (Fsp3) is 0.529. The summed E-state index contributed by atoms with van der Waals surface area (Å²) in [6, 6.07) is 8.61. The Kier molecular flexibility index (Phi) is 6.04. The molecule has 94 valence electrons. The number of allylic oxidation sites excluding steroid dienone is 1. The molecule has 17 heavy (non-hydrogen) atoms. The predicted octanol–water partition coefficient (Wildman–Crippen LogP) is 5.61. The van der Waals surface area contributed by atoms with Crippen molar-refractivity contribution in [2.45, 2.75) is 53.4 Å². The summed E-state index contributed by atoms with van der Waals surface area (Å²) in [5.74, 6) is 0.709. The fourth-order valence-corrected chi connectivity index (χ4v) is 2.06. The summed E-state index contributed by atoms with van der Waals surface area (Å²) in [5, 5.41) is 0. The third kappa shape index (κ3) is 4.77. The molecule has 1 atom stereocenters. The van der Waals surface area contributed by atoms with Crippen LogP contribution in [0.15, 0.2) is 29.8 Å². The van der Waals surface area contributed by atoms with E-state index in [1.54, 1.807) is 0 Å². The van der Waals surface area contributed by atoms with Gasteiger partial charge < -0.3 is 0 Å². The standard InChI is InChI=1S/C17H26/c1-5-6-7-10-14(2)16(4)13-17-12-9-8-11-15(17)3/h8-9,11-14H,5-7,10H2,1-4H3/b16-13+. The highest BCUT2D eigenvalue weighted by Crippen LogP contribution is 2.21. The minimum Gasteiger partial charge on any atom is -0.0699 e. The Morgan fingerprint density at radius 3 is 2.59 bits per heavy atom. The van der Waals surface area contributed by atoms with Crippen molar-refractivity contribution in [3.63, 3.8) is 0 Å². The first-order chi connectivity index (χ1) is 8.15. The molecule has 0 aliphatic rings. The zero-order chi connectivity index (χ0) is 12.7. The molecule has 0 aliphatic carbocycles. The van der Waals surface area contributed by atoms with Crippen molar-refractivity contribution in [3.05, 3.63) is 41.0 Å². The lowest BCUT2D eigenvalue weighted by Gasteiger charge is -2.12. The molecule has 0 heterocycles. The van der Waals surface area contributed by atoms with E-state index in [4.69, 9.17) is 0 Å². The Bertz CT molecular complexity index is 360. The van der Waals surface area contributed by atoms with Gasteiger partial charge in [-0.15, -0.1) is 0 Å². The Hall–Kier alpha value is -1.04. The molecule has 1 aromatic rings. The van der Waals surface area contributed by atoms with Crippen LogP contribution in [0.1, 0.15) is 57.6 Å². The lowest BCUT2D eigenvalue weighted by atomic mass is 9.93. The van der Waals surface area contributed by atoms with Gasteiger partial charge in [-0.1, -0.05) is 69.0 Å². The van der Waals surface area contributed by atoms with Crippen molar-refractivity contribution in [2.24, 2.45) is 5.92 Å². The second-order valence-electron chi connectivity index (χ2n) is 5.14. The quantitative estimate of drug-likeness (QED) is 0.557. The summed E-state index contributed by atoms with van der Waals surface area (Å²) < 4.78 is 0. The van der Waals surface area contributed by atoms with Crippen molar-refractivity contribution in [1.29, 1.82) is 0 Å². The molecular formula is C17H26. The van der Waals surface area contributed by atoms with E-state index in [0.29, 0.717) is 5.92 Å². The molecule has 1 rings (SSSR count). The lowest BCUT2D eigenvalue weighted by Crippen LogP contribution is -1.96. The van der Waals surface area contributed by atoms with Crippen molar-refractivity contribution < 1.29 is 0 Å². The maximum atomic E-state index is 2.35. The summed E-state index contributed by atoms with van der Waals surface area (Å²) in [4.78, 5) is 0. The number of hydrogen-bond acceptors (Lipinski definition) is 0. The summed E-state index contributed by atoms with van der Waals surface area (Å²) in [5.41, 5.74) is 4.25. The number of rotatable bonds is 6. The summed E-state index contributed by atoms with van der Waals surface area (Å²) in [6.45, 7) is 9.06. The van der Waals surface area contributed by atoms with Crippen LogP contribution in [0.25, 0.3) is 6.08 Å². The van der Waals surface area contributed by atoms with Gasteiger partial charge in [0.2, 0.25) is 0 Å². The Labute approximate surface area is 107 Å². The fourth-order valence-electron chi connectivity index (χ4n) is 2.06. The first-order valence-electron chi connectivity index (χ1n) is 6.89. The molecule has 1 unspecified atom stereocenters. The number of unbranched alkanes of at least 4 members (excludes halogenated alkanes) is 2. The molecule has 0 saturated heterocycles. The van der Waals surface area contributed by atoms with Gasteiger partial charge >= 0.3 is 0 Å². The van der Waals surface area contributed by atoms with E-state index in [2.05, 4.69) is 58.0 Å². The third-order valence-electron chi connectivity index (χ3n) is 3.59. The minimum atomic E-state index is 0.709. The molecule has 0 N–H and O–H groups in total. The van der Waals surface area contributed by atoms with Crippen molar-refractivity contribution in [1.82, 2.24) is 0 Å². The van der Waals surface area contributed by atoms with Crippen LogP contribution >= 0.6 is 0 Å². The van der Waals surface area contributed by atoms with Gasteiger partial charge in [0.25, 0.3) is 0 Å². The molecule has 0 spiro atoms. The van der Waals surface area contributed by atoms with Gasteiger partial charge in [0, 0.05) is 0 Å². The van der Waals surface area contributed by atoms with Crippen LogP contribution in [0.5, 0.6) is 0 Å². The van der Waals surface area contributed by atoms with Crippen molar-refractivity contribution in [2.75, 3.05) is 0 Å². The van der Waals surface area contributed by atoms with Gasteiger partial charge in [0.1, 0.15) is 0 Å². The van der Waals surface area contributed by atoms with Crippen LogP contribution in [0.3, 0.4) is 0 Å². The van der Waals surface area contributed by atoms with Gasteiger partial charge in [-0.3, -0.25) is 0 Å². The lowest BCUT2D eigenvalue weighted by molar-refractivity contribution is 0.556. The molecule has 0 heteroatoms. The average molecular weight is 230 g/mol. The molecule has 0 fully saturated rings. The second-order valence-corrected chi connectivity index (χ2v) is 5.14. The molecule has 0 aromatic heterocycles. The van der Waals surface area contributed by atoms with E-state index >= 15 is 0 Å². The highest BCUT2D eigenvalue weighted by molar-refractivity contribution is 5.56. The maximum Gasteiger partial charge on any atom is -0.0228 e. The van der Waals surface area contributed by atoms with Gasteiger partial charge in [-0.2, -0.15) is 0 Å². The van der Waals surface area contributed by atoms with Gasteiger partial charge in [0.15, 0.2) is 0 Å². The molecule has 0 saturated carbocycles. The van der Waals surface area contributed by atoms with Crippen LogP contribution in [0.2, 0.25) is 0 Å². The third-order valence-corrected chi connectivity index (χ3v) is 3.59. The van der Waals surface area contributed by atoms with Crippen LogP contribution in [0.4, 0.5) is 0 Å². The number of aryl methyl sites for hydroxylation is 1. The Morgan fingerprint density at radius 1 is 1.24 bits per heavy atom. The molecule has 0 radical (unpaired) electrons. The summed E-state index contributed by atoms with van der Waals surface area (Å²) >= 11 is 0. The van der Waals surface area contributed by atoms with E-state index in [-0.39, 0.29) is 0 Å². The van der Waals surface area contributed by atoms with Gasteiger partial charge in [-0.25, -0.2) is 0 Å². The minimum absolute atomic E-state index is 0.709. The van der Waals surface area contributed by atoms with Gasteiger partial charge in [0.05, 0.1) is 0 Å². The highest BCUT2D eigenvalue weighted by atomic mass is 14.1. The first kappa shape index (κ1) is 14.0. The van der Waals surface area contributed by atoms with E-state index in [9.17, 15) is 0 Å². The van der Waals surface area contributed by atoms with E-state index in [0.717, 1.165) is 0 Å². The Morgan fingerprint density at radius 2 is 1.94 bits per heavy atom. The zero-order valence-electron chi connectivity index (χ0n) is 11.8. The van der Waals surface area contributed by atoms with E-state index in [1.165, 1.54) is 42.4 Å². The topological polar surface area (TPSA) is 0 Å². The van der Waals surface area contributed by atoms with Crippen molar-refractivity contribution >= 4 is 6.08 Å². The summed E-state index contributed by atoms with van der Waals surface area (Å²) in [6.07, 6.45) is 7.71. The highest BCUT2D eigenvalue weighted by Gasteiger charge is 2.04.